The Hall–Kier alpha value is -0.580. The van der Waals surface area contributed by atoms with E-state index in [1.54, 1.807) is 14.2 Å². The molecule has 1 aromatic rings. The first kappa shape index (κ1) is 15.5. The van der Waals surface area contributed by atoms with Crippen LogP contribution in [0.4, 0.5) is 0 Å². The van der Waals surface area contributed by atoms with E-state index in [9.17, 15) is 0 Å². The van der Waals surface area contributed by atoms with Gasteiger partial charge in [0, 0.05) is 17.6 Å². The van der Waals surface area contributed by atoms with Crippen LogP contribution < -0.4 is 10.5 Å². The summed E-state index contributed by atoms with van der Waals surface area (Å²) < 4.78 is 11.8. The molecule has 102 valence electrons. The zero-order chi connectivity index (χ0) is 13.8. The van der Waals surface area contributed by atoms with Gasteiger partial charge in [-0.1, -0.05) is 22.9 Å². The molecule has 4 heteroatoms. The third-order valence-corrected chi connectivity index (χ3v) is 4.42. The zero-order valence-electron chi connectivity index (χ0n) is 11.5. The second kappa shape index (κ2) is 6.55. The highest BCUT2D eigenvalue weighted by molar-refractivity contribution is 9.10. The summed E-state index contributed by atoms with van der Waals surface area (Å²) in [6.07, 6.45) is 1.63. The van der Waals surface area contributed by atoms with Gasteiger partial charge >= 0.3 is 0 Å². The molecule has 0 radical (unpaired) electrons. The number of ether oxygens (including phenoxy) is 2. The molecule has 2 atom stereocenters. The van der Waals surface area contributed by atoms with Crippen LogP contribution in [-0.4, -0.2) is 25.9 Å². The van der Waals surface area contributed by atoms with Crippen molar-refractivity contribution in [1.82, 2.24) is 0 Å². The third-order valence-electron chi connectivity index (χ3n) is 3.65. The molecule has 18 heavy (non-hydrogen) atoms. The fourth-order valence-corrected chi connectivity index (χ4v) is 2.25. The van der Waals surface area contributed by atoms with Crippen LogP contribution in [0.2, 0.25) is 0 Å². The summed E-state index contributed by atoms with van der Waals surface area (Å²) in [5, 5.41) is 0. The first-order chi connectivity index (χ1) is 8.46. The number of rotatable bonds is 6. The smallest absolute Gasteiger partial charge is 0.119 e. The topological polar surface area (TPSA) is 44.5 Å². The molecule has 0 saturated heterocycles. The molecule has 0 saturated carbocycles. The lowest BCUT2D eigenvalue weighted by Gasteiger charge is -2.33. The Labute approximate surface area is 118 Å². The highest BCUT2D eigenvalue weighted by Crippen LogP contribution is 2.27. The summed E-state index contributed by atoms with van der Waals surface area (Å²) >= 11 is 3.55. The number of halogens is 1. The molecule has 0 aliphatic heterocycles. The highest BCUT2D eigenvalue weighted by Gasteiger charge is 2.30. The van der Waals surface area contributed by atoms with Gasteiger partial charge in [0.25, 0.3) is 0 Å². The van der Waals surface area contributed by atoms with Crippen LogP contribution in [0.25, 0.3) is 0 Å². The first-order valence-electron chi connectivity index (χ1n) is 6.10. The summed E-state index contributed by atoms with van der Waals surface area (Å²) in [5.74, 6) is 0.844. The zero-order valence-corrected chi connectivity index (χ0v) is 13.1. The number of hydrogen-bond acceptors (Lipinski definition) is 3. The van der Waals surface area contributed by atoms with Crippen LogP contribution in [0.5, 0.6) is 5.75 Å². The molecule has 1 aromatic carbocycles. The maximum atomic E-state index is 6.28. The van der Waals surface area contributed by atoms with Crippen molar-refractivity contribution in [3.8, 4) is 5.75 Å². The molecule has 3 nitrogen and oxygen atoms in total. The van der Waals surface area contributed by atoms with E-state index in [-0.39, 0.29) is 11.6 Å². The van der Waals surface area contributed by atoms with Crippen molar-refractivity contribution in [2.24, 2.45) is 5.73 Å². The molecule has 2 N–H and O–H groups in total. The predicted molar refractivity (Wildman–Crippen MR) is 78.1 cm³/mol. The normalized spacial score (nSPS) is 16.1. The molecule has 0 aromatic heterocycles. The van der Waals surface area contributed by atoms with Crippen LogP contribution in [0.15, 0.2) is 22.7 Å². The minimum Gasteiger partial charge on any atom is -0.497 e. The van der Waals surface area contributed by atoms with Crippen molar-refractivity contribution < 1.29 is 9.47 Å². The van der Waals surface area contributed by atoms with E-state index in [2.05, 4.69) is 22.9 Å². The maximum Gasteiger partial charge on any atom is 0.119 e. The van der Waals surface area contributed by atoms with Gasteiger partial charge in [-0.2, -0.15) is 0 Å². The van der Waals surface area contributed by atoms with Crippen LogP contribution >= 0.6 is 15.9 Å². The van der Waals surface area contributed by atoms with Gasteiger partial charge in [0.15, 0.2) is 0 Å². The van der Waals surface area contributed by atoms with E-state index in [0.717, 1.165) is 28.6 Å². The van der Waals surface area contributed by atoms with E-state index >= 15 is 0 Å². The Bertz CT molecular complexity index is 391. The van der Waals surface area contributed by atoms with Gasteiger partial charge < -0.3 is 15.2 Å². The molecule has 0 bridgehead atoms. The molecule has 0 fully saturated rings. The SMILES string of the molecule is CCC(C)(OC)C(N)Cc1cc(OC)ccc1Br. The second-order valence-electron chi connectivity index (χ2n) is 4.64. The molecule has 0 amide bonds. The minimum atomic E-state index is -0.303. The quantitative estimate of drug-likeness (QED) is 0.877. The molecule has 2 unspecified atom stereocenters. The van der Waals surface area contributed by atoms with E-state index in [1.807, 2.05) is 25.1 Å². The van der Waals surface area contributed by atoms with Gasteiger partial charge in [-0.05, 0) is 43.5 Å². The van der Waals surface area contributed by atoms with Crippen LogP contribution in [0.1, 0.15) is 25.8 Å². The van der Waals surface area contributed by atoms with Crippen LogP contribution in [0.3, 0.4) is 0 Å². The van der Waals surface area contributed by atoms with E-state index in [0.29, 0.717) is 0 Å². The van der Waals surface area contributed by atoms with Gasteiger partial charge in [-0.3, -0.25) is 0 Å². The molecule has 0 aliphatic rings. The van der Waals surface area contributed by atoms with Crippen molar-refractivity contribution in [3.63, 3.8) is 0 Å². The van der Waals surface area contributed by atoms with Crippen molar-refractivity contribution in [2.45, 2.75) is 38.3 Å². The van der Waals surface area contributed by atoms with Crippen LogP contribution in [0, 0.1) is 0 Å². The third kappa shape index (κ3) is 3.46. The van der Waals surface area contributed by atoms with Gasteiger partial charge in [-0.25, -0.2) is 0 Å². The van der Waals surface area contributed by atoms with Gasteiger partial charge in [0.1, 0.15) is 5.75 Å². The van der Waals surface area contributed by atoms with Crippen molar-refractivity contribution in [2.75, 3.05) is 14.2 Å². The average molecular weight is 316 g/mol. The fraction of sp³-hybridized carbons (Fsp3) is 0.571. The average Bonchev–Trinajstić information content (AvgIpc) is 2.40. The summed E-state index contributed by atoms with van der Waals surface area (Å²) in [4.78, 5) is 0. The van der Waals surface area contributed by atoms with E-state index in [4.69, 9.17) is 15.2 Å². The Morgan fingerprint density at radius 1 is 1.39 bits per heavy atom. The molecule has 1 rings (SSSR count). The number of benzene rings is 1. The lowest BCUT2D eigenvalue weighted by atomic mass is 9.89. The minimum absolute atomic E-state index is 0.0593. The Balaban J connectivity index is 2.90. The number of hydrogen-bond donors (Lipinski definition) is 1. The largest absolute Gasteiger partial charge is 0.497 e. The summed E-state index contributed by atoms with van der Waals surface area (Å²) in [5.41, 5.74) is 7.11. The van der Waals surface area contributed by atoms with E-state index in [1.165, 1.54) is 0 Å². The monoisotopic (exact) mass is 315 g/mol. The Kier molecular flexibility index (Phi) is 5.63. The van der Waals surface area contributed by atoms with Crippen LogP contribution in [-0.2, 0) is 11.2 Å². The van der Waals surface area contributed by atoms with Gasteiger partial charge in [0.05, 0.1) is 12.7 Å². The molecule has 0 aliphatic carbocycles. The molecule has 0 heterocycles. The summed E-state index contributed by atoms with van der Waals surface area (Å²) in [6, 6.07) is 5.86. The number of nitrogens with two attached hydrogens (primary N) is 1. The molecular formula is C14H22BrNO2. The number of methoxy groups -OCH3 is 2. The maximum absolute atomic E-state index is 6.28. The van der Waals surface area contributed by atoms with E-state index < -0.39 is 0 Å². The lowest BCUT2D eigenvalue weighted by Crippen LogP contribution is -2.48. The lowest BCUT2D eigenvalue weighted by molar-refractivity contribution is -0.0185. The van der Waals surface area contributed by atoms with Crippen molar-refractivity contribution in [3.05, 3.63) is 28.2 Å². The highest BCUT2D eigenvalue weighted by atomic mass is 79.9. The fourth-order valence-electron chi connectivity index (χ4n) is 1.85. The predicted octanol–water partition coefficient (Wildman–Crippen LogP) is 3.14. The van der Waals surface area contributed by atoms with Gasteiger partial charge in [-0.15, -0.1) is 0 Å². The van der Waals surface area contributed by atoms with Crippen molar-refractivity contribution in [1.29, 1.82) is 0 Å². The standard InChI is InChI=1S/C14H22BrNO2/c1-5-14(2,18-4)13(16)9-10-8-11(17-3)6-7-12(10)15/h6-8,13H,5,9,16H2,1-4H3. The second-order valence-corrected chi connectivity index (χ2v) is 5.49. The molecular weight excluding hydrogens is 294 g/mol. The Morgan fingerprint density at radius 2 is 2.06 bits per heavy atom. The molecule has 0 spiro atoms. The summed E-state index contributed by atoms with van der Waals surface area (Å²) in [7, 11) is 3.38. The van der Waals surface area contributed by atoms with Gasteiger partial charge in [0.2, 0.25) is 0 Å². The van der Waals surface area contributed by atoms with Crippen molar-refractivity contribution >= 4 is 15.9 Å². The first-order valence-corrected chi connectivity index (χ1v) is 6.89. The Morgan fingerprint density at radius 3 is 2.56 bits per heavy atom. The summed E-state index contributed by atoms with van der Waals surface area (Å²) in [6.45, 7) is 4.13.